The summed E-state index contributed by atoms with van der Waals surface area (Å²) in [7, 11) is 0. The van der Waals surface area contributed by atoms with Crippen molar-refractivity contribution in [2.45, 2.75) is 33.2 Å². The first kappa shape index (κ1) is 19.2. The number of aliphatic hydroxyl groups is 1. The molecule has 0 bridgehead atoms. The summed E-state index contributed by atoms with van der Waals surface area (Å²) in [6, 6.07) is 16.2. The van der Waals surface area contributed by atoms with Gasteiger partial charge in [0, 0.05) is 18.8 Å². The van der Waals surface area contributed by atoms with Gasteiger partial charge in [0.2, 0.25) is 5.91 Å². The second-order valence-electron chi connectivity index (χ2n) is 6.13. The average Bonchev–Trinajstić information content (AvgIpc) is 2.62. The molecule has 25 heavy (non-hydrogen) atoms. The Balaban J connectivity index is 2.06. The van der Waals surface area contributed by atoms with Gasteiger partial charge in [-0.1, -0.05) is 62.4 Å². The number of anilines is 1. The number of hydrogen-bond acceptors (Lipinski definition) is 3. The Hall–Kier alpha value is -2.17. The Morgan fingerprint density at radius 2 is 1.64 bits per heavy atom. The van der Waals surface area contributed by atoms with Gasteiger partial charge in [0.05, 0.1) is 13.2 Å². The second kappa shape index (κ2) is 9.97. The molecule has 0 aliphatic carbocycles. The van der Waals surface area contributed by atoms with Crippen LogP contribution in [0.1, 0.15) is 30.5 Å². The fraction of sp³-hybridized carbons (Fsp3) is 0.381. The molecule has 0 saturated heterocycles. The van der Waals surface area contributed by atoms with Crippen molar-refractivity contribution >= 4 is 11.6 Å². The van der Waals surface area contributed by atoms with Crippen LogP contribution in [0, 0.1) is 0 Å². The minimum atomic E-state index is -0.0417. The topological polar surface area (TPSA) is 52.6 Å². The zero-order chi connectivity index (χ0) is 18.1. The number of nitrogens with zero attached hydrogens (tertiary/aromatic N) is 1. The molecule has 4 heteroatoms. The Kier molecular flexibility index (Phi) is 7.64. The molecule has 2 rings (SSSR count). The van der Waals surface area contributed by atoms with Gasteiger partial charge >= 0.3 is 0 Å². The molecule has 0 heterocycles. The van der Waals surface area contributed by atoms with Crippen LogP contribution in [-0.4, -0.2) is 35.6 Å². The van der Waals surface area contributed by atoms with Gasteiger partial charge in [0.15, 0.2) is 0 Å². The Bertz CT molecular complexity index is 649. The minimum absolute atomic E-state index is 0.0336. The van der Waals surface area contributed by atoms with E-state index in [2.05, 4.69) is 31.3 Å². The lowest BCUT2D eigenvalue weighted by atomic mass is 10.0. The third-order valence-corrected chi connectivity index (χ3v) is 4.30. The molecule has 0 radical (unpaired) electrons. The number of benzene rings is 2. The maximum atomic E-state index is 12.6. The highest BCUT2D eigenvalue weighted by atomic mass is 16.3. The standard InChI is InChI=1S/C21H28N2O2/c1-3-18-11-8-12-19(4-2)21(18)22-20(25)16-23(13-14-24)15-17-9-6-5-7-10-17/h5-12,24H,3-4,13-16H2,1-2H3,(H,22,25). The number of aliphatic hydroxyl groups excluding tert-OH is 1. The first-order valence-electron chi connectivity index (χ1n) is 8.95. The van der Waals surface area contributed by atoms with Gasteiger partial charge in [-0.15, -0.1) is 0 Å². The summed E-state index contributed by atoms with van der Waals surface area (Å²) in [6.45, 7) is 5.60. The number of carbonyl (C=O) groups excluding carboxylic acids is 1. The number of nitrogens with one attached hydrogen (secondary N) is 1. The number of amides is 1. The maximum Gasteiger partial charge on any atom is 0.238 e. The van der Waals surface area contributed by atoms with Gasteiger partial charge in [-0.3, -0.25) is 9.69 Å². The zero-order valence-corrected chi connectivity index (χ0v) is 15.2. The van der Waals surface area contributed by atoms with Crippen molar-refractivity contribution in [3.8, 4) is 0 Å². The molecule has 2 aromatic carbocycles. The Morgan fingerprint density at radius 1 is 1.00 bits per heavy atom. The van der Waals surface area contributed by atoms with Crippen LogP contribution in [0.5, 0.6) is 0 Å². The van der Waals surface area contributed by atoms with Crippen molar-refractivity contribution in [3.63, 3.8) is 0 Å². The Labute approximate surface area is 150 Å². The molecular formula is C21H28N2O2. The molecule has 0 aromatic heterocycles. The van der Waals surface area contributed by atoms with Crippen molar-refractivity contribution in [1.29, 1.82) is 0 Å². The number of aryl methyl sites for hydroxylation is 2. The van der Waals surface area contributed by atoms with Crippen LogP contribution in [0.15, 0.2) is 48.5 Å². The summed E-state index contributed by atoms with van der Waals surface area (Å²) in [4.78, 5) is 14.6. The van der Waals surface area contributed by atoms with Crippen molar-refractivity contribution in [3.05, 3.63) is 65.2 Å². The second-order valence-corrected chi connectivity index (χ2v) is 6.13. The highest BCUT2D eigenvalue weighted by Gasteiger charge is 2.14. The lowest BCUT2D eigenvalue weighted by Gasteiger charge is -2.22. The van der Waals surface area contributed by atoms with Gasteiger partial charge in [0.1, 0.15) is 0 Å². The minimum Gasteiger partial charge on any atom is -0.395 e. The van der Waals surface area contributed by atoms with E-state index in [4.69, 9.17) is 0 Å². The summed E-state index contributed by atoms with van der Waals surface area (Å²) in [5.74, 6) is -0.0417. The van der Waals surface area contributed by atoms with Crippen LogP contribution in [0.25, 0.3) is 0 Å². The Morgan fingerprint density at radius 3 is 2.20 bits per heavy atom. The molecule has 0 atom stereocenters. The van der Waals surface area contributed by atoms with Gasteiger partial charge in [-0.2, -0.15) is 0 Å². The number of para-hydroxylation sites is 1. The molecule has 2 aromatic rings. The first-order chi connectivity index (χ1) is 12.2. The van der Waals surface area contributed by atoms with Crippen molar-refractivity contribution < 1.29 is 9.90 Å². The highest BCUT2D eigenvalue weighted by Crippen LogP contribution is 2.22. The van der Waals surface area contributed by atoms with Crippen LogP contribution < -0.4 is 5.32 Å². The van der Waals surface area contributed by atoms with Crippen molar-refractivity contribution in [1.82, 2.24) is 4.90 Å². The predicted molar refractivity (Wildman–Crippen MR) is 103 cm³/mol. The van der Waals surface area contributed by atoms with E-state index < -0.39 is 0 Å². The summed E-state index contributed by atoms with van der Waals surface area (Å²) < 4.78 is 0. The van der Waals surface area contributed by atoms with E-state index in [0.717, 1.165) is 35.2 Å². The third-order valence-electron chi connectivity index (χ3n) is 4.30. The van der Waals surface area contributed by atoms with Gasteiger partial charge in [-0.05, 0) is 29.5 Å². The average molecular weight is 340 g/mol. The number of rotatable bonds is 9. The molecule has 0 aliphatic heterocycles. The molecular weight excluding hydrogens is 312 g/mol. The molecule has 2 N–H and O–H groups in total. The molecule has 0 saturated carbocycles. The van der Waals surface area contributed by atoms with Crippen molar-refractivity contribution in [2.24, 2.45) is 0 Å². The molecule has 4 nitrogen and oxygen atoms in total. The van der Waals surface area contributed by atoms with E-state index >= 15 is 0 Å². The smallest absolute Gasteiger partial charge is 0.238 e. The maximum absolute atomic E-state index is 12.6. The number of carbonyl (C=O) groups is 1. The molecule has 0 unspecified atom stereocenters. The van der Waals surface area contributed by atoms with E-state index in [1.54, 1.807) is 0 Å². The lowest BCUT2D eigenvalue weighted by Crippen LogP contribution is -2.35. The normalized spacial score (nSPS) is 10.9. The SMILES string of the molecule is CCc1cccc(CC)c1NC(=O)CN(CCO)Cc1ccccc1. The monoisotopic (exact) mass is 340 g/mol. The van der Waals surface area contributed by atoms with Crippen LogP contribution >= 0.6 is 0 Å². The van der Waals surface area contributed by atoms with Crippen LogP contribution in [-0.2, 0) is 24.2 Å². The fourth-order valence-electron chi connectivity index (χ4n) is 2.98. The molecule has 0 spiro atoms. The first-order valence-corrected chi connectivity index (χ1v) is 8.95. The number of hydrogen-bond donors (Lipinski definition) is 2. The quantitative estimate of drug-likeness (QED) is 0.737. The van der Waals surface area contributed by atoms with Crippen LogP contribution in [0.2, 0.25) is 0 Å². The van der Waals surface area contributed by atoms with Crippen LogP contribution in [0.3, 0.4) is 0 Å². The molecule has 134 valence electrons. The van der Waals surface area contributed by atoms with E-state index in [1.165, 1.54) is 0 Å². The summed E-state index contributed by atoms with van der Waals surface area (Å²) >= 11 is 0. The van der Waals surface area contributed by atoms with E-state index in [9.17, 15) is 9.90 Å². The van der Waals surface area contributed by atoms with E-state index in [0.29, 0.717) is 13.1 Å². The largest absolute Gasteiger partial charge is 0.395 e. The predicted octanol–water partition coefficient (Wildman–Crippen LogP) is 3.24. The third kappa shape index (κ3) is 5.69. The van der Waals surface area contributed by atoms with Gasteiger partial charge in [-0.25, -0.2) is 0 Å². The summed E-state index contributed by atoms with van der Waals surface area (Å²) in [6.07, 6.45) is 1.77. The molecule has 1 amide bonds. The molecule has 0 aliphatic rings. The van der Waals surface area contributed by atoms with E-state index in [1.807, 2.05) is 41.3 Å². The van der Waals surface area contributed by atoms with Crippen LogP contribution in [0.4, 0.5) is 5.69 Å². The highest BCUT2D eigenvalue weighted by molar-refractivity contribution is 5.93. The summed E-state index contributed by atoms with van der Waals surface area (Å²) in [5, 5.41) is 12.4. The lowest BCUT2D eigenvalue weighted by molar-refractivity contribution is -0.117. The molecule has 0 fully saturated rings. The summed E-state index contributed by atoms with van der Waals surface area (Å²) in [5.41, 5.74) is 4.39. The van der Waals surface area contributed by atoms with Gasteiger partial charge in [0.25, 0.3) is 0 Å². The van der Waals surface area contributed by atoms with E-state index in [-0.39, 0.29) is 19.1 Å². The van der Waals surface area contributed by atoms with Gasteiger partial charge < -0.3 is 10.4 Å². The van der Waals surface area contributed by atoms with Crippen molar-refractivity contribution in [2.75, 3.05) is 25.0 Å². The fourth-order valence-corrected chi connectivity index (χ4v) is 2.98. The zero-order valence-electron chi connectivity index (χ0n) is 15.2.